The van der Waals surface area contributed by atoms with Crippen LogP contribution in [0.25, 0.3) is 0 Å². The normalized spacial score (nSPS) is 42.5. The van der Waals surface area contributed by atoms with Crippen molar-refractivity contribution in [3.63, 3.8) is 0 Å². The Morgan fingerprint density at radius 1 is 0.931 bits per heavy atom. The lowest BCUT2D eigenvalue weighted by atomic mass is 10.1. The molecule has 1 aromatic rings. The zero-order valence-electron chi connectivity index (χ0n) is 14.5. The lowest BCUT2D eigenvalue weighted by molar-refractivity contribution is -0.116. The van der Waals surface area contributed by atoms with Crippen LogP contribution in [0.2, 0.25) is 0 Å². The summed E-state index contributed by atoms with van der Waals surface area (Å²) in [5, 5.41) is 20.1. The lowest BCUT2D eigenvalue weighted by Crippen LogP contribution is -2.35. The Hall–Kier alpha value is -0.850. The maximum atomic E-state index is 12.2. The van der Waals surface area contributed by atoms with E-state index in [-0.39, 0.29) is 5.75 Å². The number of hydrogen-bond acceptors (Lipinski definition) is 12. The average Bonchev–Trinajstić information content (AvgIpc) is 2.86. The molecular formula is C12H17O14P3. The summed E-state index contributed by atoms with van der Waals surface area (Å²) >= 11 is 0. The van der Waals surface area contributed by atoms with Gasteiger partial charge in [-0.15, -0.1) is 0 Å². The molecule has 0 saturated carbocycles. The van der Waals surface area contributed by atoms with Gasteiger partial charge < -0.3 is 34.2 Å². The minimum atomic E-state index is -5.20. The van der Waals surface area contributed by atoms with Gasteiger partial charge >= 0.3 is 23.5 Å². The summed E-state index contributed by atoms with van der Waals surface area (Å²) in [6.07, 6.45) is -5.84. The Morgan fingerprint density at radius 3 is 2.03 bits per heavy atom. The molecule has 0 spiro atoms. The third-order valence-electron chi connectivity index (χ3n) is 3.64. The molecule has 2 fully saturated rings. The van der Waals surface area contributed by atoms with E-state index in [2.05, 4.69) is 17.5 Å². The number of aliphatic hydroxyl groups excluding tert-OH is 2. The molecule has 17 heteroatoms. The van der Waals surface area contributed by atoms with Crippen LogP contribution in [0.5, 0.6) is 11.5 Å². The van der Waals surface area contributed by atoms with E-state index in [0.29, 0.717) is 5.75 Å². The van der Waals surface area contributed by atoms with Crippen molar-refractivity contribution in [2.45, 2.75) is 24.6 Å². The largest absolute Gasteiger partial charge is 0.497 e. The quantitative estimate of drug-likeness (QED) is 0.421. The van der Waals surface area contributed by atoms with Gasteiger partial charge in [-0.25, -0.2) is 13.7 Å². The minimum Gasteiger partial charge on any atom is -0.497 e. The van der Waals surface area contributed by atoms with Crippen molar-refractivity contribution in [3.05, 3.63) is 24.3 Å². The molecule has 2 saturated heterocycles. The van der Waals surface area contributed by atoms with Crippen molar-refractivity contribution in [1.29, 1.82) is 0 Å². The van der Waals surface area contributed by atoms with Crippen molar-refractivity contribution >= 4 is 23.5 Å². The third kappa shape index (κ3) is 5.65. The van der Waals surface area contributed by atoms with Crippen molar-refractivity contribution in [2.75, 3.05) is 13.7 Å². The molecule has 0 radical (unpaired) electrons. The van der Waals surface area contributed by atoms with Crippen molar-refractivity contribution < 1.29 is 65.4 Å². The Kier molecular flexibility index (Phi) is 6.57. The highest BCUT2D eigenvalue weighted by Crippen LogP contribution is 2.80. The highest BCUT2D eigenvalue weighted by Gasteiger charge is 2.55. The van der Waals surface area contributed by atoms with Gasteiger partial charge in [-0.05, 0) is 24.3 Å². The fraction of sp³-hybridized carbons (Fsp3) is 0.500. The molecule has 0 aromatic heterocycles. The van der Waals surface area contributed by atoms with Gasteiger partial charge in [-0.3, -0.25) is 4.52 Å². The second kappa shape index (κ2) is 8.35. The van der Waals surface area contributed by atoms with E-state index in [4.69, 9.17) is 14.2 Å². The van der Waals surface area contributed by atoms with E-state index in [1.54, 1.807) is 12.1 Å². The molecule has 2 heterocycles. The van der Waals surface area contributed by atoms with Gasteiger partial charge in [0.1, 0.15) is 29.8 Å². The second-order valence-corrected chi connectivity index (χ2v) is 10.7. The molecule has 6 atom stereocenters. The third-order valence-corrected chi connectivity index (χ3v) is 9.01. The molecule has 2 unspecified atom stereocenters. The maximum Gasteiger partial charge on any atom is 0.492 e. The number of methoxy groups -OCH3 is 1. The van der Waals surface area contributed by atoms with Crippen LogP contribution in [-0.2, 0) is 35.9 Å². The summed E-state index contributed by atoms with van der Waals surface area (Å²) in [5.41, 5.74) is 0. The van der Waals surface area contributed by atoms with E-state index in [9.17, 15) is 33.7 Å². The van der Waals surface area contributed by atoms with Crippen molar-refractivity contribution in [2.24, 2.45) is 0 Å². The monoisotopic (exact) mass is 478 g/mol. The van der Waals surface area contributed by atoms with Crippen LogP contribution in [0.1, 0.15) is 0 Å². The summed E-state index contributed by atoms with van der Waals surface area (Å²) in [6.45, 7) is -0.821. The first-order valence-corrected chi connectivity index (χ1v) is 12.2. The zero-order valence-corrected chi connectivity index (χ0v) is 17.2. The number of rotatable bonds is 6. The molecule has 3 rings (SSSR count). The van der Waals surface area contributed by atoms with Gasteiger partial charge in [0.05, 0.1) is 13.7 Å². The number of hydrogen-bond donors (Lipinski definition) is 4. The summed E-state index contributed by atoms with van der Waals surface area (Å²) in [6, 6.07) is 6.20. The van der Waals surface area contributed by atoms with Crippen LogP contribution < -0.4 is 9.47 Å². The van der Waals surface area contributed by atoms with Crippen LogP contribution in [-0.4, -0.2) is 58.3 Å². The second-order valence-electron chi connectivity index (χ2n) is 5.74. The topological polar surface area (TPSA) is 197 Å². The molecule has 29 heavy (non-hydrogen) atoms. The first-order valence-electron chi connectivity index (χ1n) is 7.78. The van der Waals surface area contributed by atoms with Gasteiger partial charge in [-0.1, -0.05) is 0 Å². The van der Waals surface area contributed by atoms with E-state index < -0.39 is 54.7 Å². The first kappa shape index (κ1) is 22.8. The highest BCUT2D eigenvalue weighted by atomic mass is 31.3. The molecule has 164 valence electrons. The van der Waals surface area contributed by atoms with Gasteiger partial charge in [0.15, 0.2) is 0 Å². The zero-order chi connectivity index (χ0) is 21.4. The number of aliphatic hydroxyl groups is 2. The highest BCUT2D eigenvalue weighted by molar-refractivity contribution is 7.74. The molecular weight excluding hydrogens is 461 g/mol. The Balaban J connectivity index is 1.62. The summed E-state index contributed by atoms with van der Waals surface area (Å²) < 4.78 is 67.2. The smallest absolute Gasteiger partial charge is 0.492 e. The van der Waals surface area contributed by atoms with Crippen molar-refractivity contribution in [3.8, 4) is 11.5 Å². The molecule has 1 aromatic carbocycles. The molecule has 2 aliphatic rings. The van der Waals surface area contributed by atoms with Gasteiger partial charge in [0.25, 0.3) is 0 Å². The minimum absolute atomic E-state index is 0.273. The standard InChI is InChI=1S/C12H17O14P3/c1-20-7-2-4-8(5-3-7)22-12-11(14)10(13)9(23-12)6-21-29(19)25-27(15,16)24-28(17,18)26-29/h2-5,9-14H,6H2,1H3,(H,15,16)(H,17,18)/t9-,10-,11-,12-/m1/s1. The molecule has 14 nitrogen and oxygen atoms in total. The first-order chi connectivity index (χ1) is 13.4. The average molecular weight is 478 g/mol. The van der Waals surface area contributed by atoms with Crippen LogP contribution >= 0.6 is 23.5 Å². The molecule has 2 aliphatic heterocycles. The fourth-order valence-corrected chi connectivity index (χ4v) is 7.31. The Morgan fingerprint density at radius 2 is 1.48 bits per heavy atom. The Labute approximate surface area is 163 Å². The van der Waals surface area contributed by atoms with E-state index in [1.807, 2.05) is 0 Å². The lowest BCUT2D eigenvalue weighted by Gasteiger charge is -2.27. The maximum absolute atomic E-state index is 12.2. The summed E-state index contributed by atoms with van der Waals surface area (Å²) in [4.78, 5) is 18.3. The number of phosphoric acid groups is 3. The van der Waals surface area contributed by atoms with Crippen molar-refractivity contribution in [1.82, 2.24) is 0 Å². The molecule has 0 aliphatic carbocycles. The summed E-state index contributed by atoms with van der Waals surface area (Å²) in [5.74, 6) is 0.829. The van der Waals surface area contributed by atoms with E-state index >= 15 is 0 Å². The van der Waals surface area contributed by atoms with E-state index in [0.717, 1.165) is 0 Å². The summed E-state index contributed by atoms with van der Waals surface area (Å²) in [7, 11) is -13.9. The van der Waals surface area contributed by atoms with Crippen LogP contribution in [0.4, 0.5) is 0 Å². The van der Waals surface area contributed by atoms with E-state index in [1.165, 1.54) is 19.2 Å². The van der Waals surface area contributed by atoms with Crippen LogP contribution in [0.15, 0.2) is 24.3 Å². The van der Waals surface area contributed by atoms with Crippen LogP contribution in [0.3, 0.4) is 0 Å². The predicted octanol–water partition coefficient (Wildman–Crippen LogP) is 0.910. The number of ether oxygens (including phenoxy) is 3. The van der Waals surface area contributed by atoms with Gasteiger partial charge in [-0.2, -0.15) is 12.9 Å². The molecule has 0 bridgehead atoms. The van der Waals surface area contributed by atoms with Crippen LogP contribution in [0, 0.1) is 0 Å². The van der Waals surface area contributed by atoms with Gasteiger partial charge in [0.2, 0.25) is 6.29 Å². The predicted molar refractivity (Wildman–Crippen MR) is 90.8 cm³/mol. The van der Waals surface area contributed by atoms with Gasteiger partial charge in [0, 0.05) is 0 Å². The SMILES string of the molecule is COc1ccc(O[C@@H]2O[C@H](COP3(=O)OP(=O)(O)OP(=O)(O)O3)[C@@H](O)[C@H]2O)cc1. The fourth-order valence-electron chi connectivity index (χ4n) is 2.38. The number of benzene rings is 1. The molecule has 0 amide bonds. The molecule has 4 N–H and O–H groups in total. The Bertz CT molecular complexity index is 845.